The number of rotatable bonds is 7. The lowest BCUT2D eigenvalue weighted by Crippen LogP contribution is -2.41. The molecule has 0 saturated heterocycles. The molecule has 0 aliphatic carbocycles. The topological polar surface area (TPSA) is 92.4 Å². The Morgan fingerprint density at radius 3 is 3.00 bits per heavy atom. The average Bonchev–Trinajstić information content (AvgIpc) is 3.07. The third kappa shape index (κ3) is 4.61. The van der Waals surface area contributed by atoms with Crippen LogP contribution in [0.4, 0.5) is 0 Å². The largest absolute Gasteiger partial charge is 0.480 e. The number of nitrogens with zero attached hydrogens (tertiary/aromatic N) is 1. The zero-order valence-corrected chi connectivity index (χ0v) is 12.9. The maximum Gasteiger partial charge on any atom is 0.327 e. The smallest absolute Gasteiger partial charge is 0.327 e. The second-order valence-electron chi connectivity index (χ2n) is 4.23. The van der Waals surface area contributed by atoms with Crippen molar-refractivity contribution in [2.24, 2.45) is 0 Å². The molecule has 2 aromatic rings. The van der Waals surface area contributed by atoms with Crippen molar-refractivity contribution in [2.75, 3.05) is 5.75 Å². The van der Waals surface area contributed by atoms with Crippen molar-refractivity contribution < 1.29 is 19.1 Å². The van der Waals surface area contributed by atoms with Gasteiger partial charge in [0.25, 0.3) is 0 Å². The van der Waals surface area contributed by atoms with Crippen LogP contribution in [0.15, 0.2) is 28.2 Å². The highest BCUT2D eigenvalue weighted by molar-refractivity contribution is 7.98. The van der Waals surface area contributed by atoms with Gasteiger partial charge < -0.3 is 14.8 Å². The van der Waals surface area contributed by atoms with E-state index in [0.29, 0.717) is 11.6 Å². The number of hydrogen-bond acceptors (Lipinski definition) is 6. The molecule has 2 rings (SSSR count). The highest BCUT2D eigenvalue weighted by Crippen LogP contribution is 2.24. The number of thioether (sulfide) groups is 1. The number of oxazole rings is 1. The predicted octanol–water partition coefficient (Wildman–Crippen LogP) is 2.23. The van der Waals surface area contributed by atoms with E-state index < -0.39 is 12.0 Å². The highest BCUT2D eigenvalue weighted by atomic mass is 32.2. The number of carbonyl (C=O) groups excluding carboxylic acids is 1. The van der Waals surface area contributed by atoms with Crippen molar-refractivity contribution in [3.8, 4) is 10.8 Å². The van der Waals surface area contributed by atoms with Crippen molar-refractivity contribution in [3.05, 3.63) is 29.5 Å². The number of hydrogen-bond donors (Lipinski definition) is 2. The summed E-state index contributed by atoms with van der Waals surface area (Å²) in [5.41, 5.74) is 0.746. The van der Waals surface area contributed by atoms with E-state index in [1.807, 2.05) is 17.5 Å². The molecular weight excluding hydrogens is 312 g/mol. The lowest BCUT2D eigenvalue weighted by molar-refractivity contribution is -0.140. The standard InChI is InChI=1S/C13H14N2O4S2/c1-8(16)14-10(13(17)18)7-20-6-9-5-19-12(15-9)11-3-2-4-21-11/h2-5,10H,6-7H2,1H3,(H,14,16)(H,17,18). The predicted molar refractivity (Wildman–Crippen MR) is 81.2 cm³/mol. The Balaban J connectivity index is 1.85. The van der Waals surface area contributed by atoms with Crippen LogP contribution in [-0.2, 0) is 15.3 Å². The van der Waals surface area contributed by atoms with E-state index in [0.717, 1.165) is 10.6 Å². The van der Waals surface area contributed by atoms with Crippen LogP contribution in [-0.4, -0.2) is 33.8 Å². The number of nitrogens with one attached hydrogen (secondary N) is 1. The fraction of sp³-hybridized carbons (Fsp3) is 0.308. The molecule has 0 aromatic carbocycles. The zero-order valence-electron chi connectivity index (χ0n) is 11.2. The molecule has 0 fully saturated rings. The van der Waals surface area contributed by atoms with Crippen molar-refractivity contribution in [3.63, 3.8) is 0 Å². The maximum atomic E-state index is 11.0. The lowest BCUT2D eigenvalue weighted by Gasteiger charge is -2.11. The minimum absolute atomic E-state index is 0.274. The van der Waals surface area contributed by atoms with Crippen molar-refractivity contribution >= 4 is 35.0 Å². The van der Waals surface area contributed by atoms with Gasteiger partial charge in [-0.3, -0.25) is 4.79 Å². The molecule has 112 valence electrons. The fourth-order valence-electron chi connectivity index (χ4n) is 1.59. The first-order valence-corrected chi connectivity index (χ1v) is 8.15. The minimum Gasteiger partial charge on any atom is -0.480 e. The number of aromatic nitrogens is 1. The van der Waals surface area contributed by atoms with Gasteiger partial charge >= 0.3 is 5.97 Å². The van der Waals surface area contributed by atoms with Crippen molar-refractivity contribution in [1.29, 1.82) is 0 Å². The van der Waals surface area contributed by atoms with Crippen LogP contribution in [0.1, 0.15) is 12.6 Å². The summed E-state index contributed by atoms with van der Waals surface area (Å²) < 4.78 is 5.38. The molecule has 8 heteroatoms. The van der Waals surface area contributed by atoms with Gasteiger partial charge in [-0.2, -0.15) is 11.8 Å². The van der Waals surface area contributed by atoms with E-state index in [4.69, 9.17) is 9.52 Å². The number of carbonyl (C=O) groups is 2. The summed E-state index contributed by atoms with van der Waals surface area (Å²) in [6.45, 7) is 1.30. The molecule has 0 radical (unpaired) electrons. The Bertz CT molecular complexity index is 609. The van der Waals surface area contributed by atoms with E-state index in [9.17, 15) is 9.59 Å². The number of thiophene rings is 1. The van der Waals surface area contributed by atoms with Crippen LogP contribution in [0.25, 0.3) is 10.8 Å². The summed E-state index contributed by atoms with van der Waals surface area (Å²) in [6.07, 6.45) is 1.57. The highest BCUT2D eigenvalue weighted by Gasteiger charge is 2.18. The van der Waals surface area contributed by atoms with Gasteiger partial charge in [0.15, 0.2) is 0 Å². The van der Waals surface area contributed by atoms with E-state index >= 15 is 0 Å². The Morgan fingerprint density at radius 2 is 2.38 bits per heavy atom. The second kappa shape index (κ2) is 7.28. The van der Waals surface area contributed by atoms with Crippen LogP contribution in [0.3, 0.4) is 0 Å². The van der Waals surface area contributed by atoms with Gasteiger partial charge in [0, 0.05) is 18.4 Å². The average molecular weight is 326 g/mol. The fourth-order valence-corrected chi connectivity index (χ4v) is 3.16. The molecule has 1 amide bonds. The molecule has 1 unspecified atom stereocenters. The Hall–Kier alpha value is -1.80. The quantitative estimate of drug-likeness (QED) is 0.810. The molecule has 0 aliphatic heterocycles. The van der Waals surface area contributed by atoms with Gasteiger partial charge in [-0.05, 0) is 11.4 Å². The molecule has 1 atom stereocenters. The maximum absolute atomic E-state index is 11.0. The third-order valence-electron chi connectivity index (χ3n) is 2.49. The number of carboxylic acids is 1. The van der Waals surface area contributed by atoms with Gasteiger partial charge in [0.05, 0.1) is 10.6 Å². The van der Waals surface area contributed by atoms with E-state index in [2.05, 4.69) is 10.3 Å². The van der Waals surface area contributed by atoms with E-state index in [-0.39, 0.29) is 11.7 Å². The number of carboxylic acid groups (broad SMARTS) is 1. The minimum atomic E-state index is -1.04. The van der Waals surface area contributed by atoms with Crippen molar-refractivity contribution in [1.82, 2.24) is 10.3 Å². The monoisotopic (exact) mass is 326 g/mol. The van der Waals surface area contributed by atoms with Gasteiger partial charge in [-0.15, -0.1) is 11.3 Å². The van der Waals surface area contributed by atoms with Gasteiger partial charge in [0.1, 0.15) is 12.3 Å². The third-order valence-corrected chi connectivity index (χ3v) is 4.42. The molecule has 0 spiro atoms. The lowest BCUT2D eigenvalue weighted by atomic mass is 10.3. The summed E-state index contributed by atoms with van der Waals surface area (Å²) in [5.74, 6) is -0.0345. The van der Waals surface area contributed by atoms with Crippen LogP contribution < -0.4 is 5.32 Å². The molecule has 0 saturated carbocycles. The van der Waals surface area contributed by atoms with Crippen LogP contribution in [0, 0.1) is 0 Å². The molecule has 2 heterocycles. The molecule has 6 nitrogen and oxygen atoms in total. The Morgan fingerprint density at radius 1 is 1.57 bits per heavy atom. The molecule has 0 aliphatic rings. The number of amides is 1. The van der Waals surface area contributed by atoms with Crippen LogP contribution in [0.5, 0.6) is 0 Å². The summed E-state index contributed by atoms with van der Waals surface area (Å²) in [7, 11) is 0. The van der Waals surface area contributed by atoms with Crippen LogP contribution in [0.2, 0.25) is 0 Å². The summed E-state index contributed by atoms with van der Waals surface area (Å²) in [6, 6.07) is 2.95. The Labute approximate surface area is 129 Å². The molecule has 0 bridgehead atoms. The van der Waals surface area contributed by atoms with Gasteiger partial charge in [-0.1, -0.05) is 6.07 Å². The summed E-state index contributed by atoms with van der Waals surface area (Å²) in [4.78, 5) is 27.2. The van der Waals surface area contributed by atoms with E-state index in [1.54, 1.807) is 17.6 Å². The normalized spacial score (nSPS) is 12.0. The van der Waals surface area contributed by atoms with Gasteiger partial charge in [-0.25, -0.2) is 9.78 Å². The van der Waals surface area contributed by atoms with Crippen LogP contribution >= 0.6 is 23.1 Å². The zero-order chi connectivity index (χ0) is 15.2. The first kappa shape index (κ1) is 15.6. The SMILES string of the molecule is CC(=O)NC(CSCc1coc(-c2cccs2)n1)C(=O)O. The molecular formula is C13H14N2O4S2. The second-order valence-corrected chi connectivity index (χ2v) is 6.21. The first-order chi connectivity index (χ1) is 10.1. The summed E-state index contributed by atoms with van der Waals surface area (Å²) in [5, 5.41) is 13.3. The first-order valence-electron chi connectivity index (χ1n) is 6.12. The Kier molecular flexibility index (Phi) is 5.40. The molecule has 2 aromatic heterocycles. The summed E-state index contributed by atoms with van der Waals surface area (Å²) >= 11 is 2.92. The molecule has 21 heavy (non-hydrogen) atoms. The van der Waals surface area contributed by atoms with Crippen molar-refractivity contribution in [2.45, 2.75) is 18.7 Å². The van der Waals surface area contributed by atoms with Gasteiger partial charge in [0.2, 0.25) is 11.8 Å². The number of aliphatic carboxylic acids is 1. The van der Waals surface area contributed by atoms with E-state index in [1.165, 1.54) is 18.7 Å². The molecule has 2 N–H and O–H groups in total.